The number of esters is 1. The highest BCUT2D eigenvalue weighted by Gasteiger charge is 2.32. The van der Waals surface area contributed by atoms with Crippen molar-refractivity contribution in [2.24, 2.45) is 0 Å². The molecule has 0 aliphatic carbocycles. The Bertz CT molecular complexity index is 837. The zero-order chi connectivity index (χ0) is 19.2. The summed E-state index contributed by atoms with van der Waals surface area (Å²) in [6, 6.07) is 15.7. The van der Waals surface area contributed by atoms with Gasteiger partial charge in [0.1, 0.15) is 12.4 Å². The number of carbonyl (C=O) groups excluding carboxylic acids is 3. The molecule has 0 saturated carbocycles. The third kappa shape index (κ3) is 4.44. The van der Waals surface area contributed by atoms with E-state index in [4.69, 9.17) is 9.47 Å². The normalized spacial score (nSPS) is 14.4. The second kappa shape index (κ2) is 8.35. The molecule has 7 nitrogen and oxygen atoms in total. The van der Waals surface area contributed by atoms with Crippen molar-refractivity contribution in [1.82, 2.24) is 10.2 Å². The Morgan fingerprint density at radius 3 is 2.52 bits per heavy atom. The molecule has 0 aromatic heterocycles. The maximum Gasteiger partial charge on any atom is 0.339 e. The molecule has 2 aromatic carbocycles. The van der Waals surface area contributed by atoms with Crippen LogP contribution in [0.3, 0.4) is 0 Å². The molecule has 1 aliphatic heterocycles. The van der Waals surface area contributed by atoms with Gasteiger partial charge in [-0.25, -0.2) is 9.59 Å². The van der Waals surface area contributed by atoms with Gasteiger partial charge in [0.25, 0.3) is 5.91 Å². The maximum atomic E-state index is 12.5. The summed E-state index contributed by atoms with van der Waals surface area (Å²) in [7, 11) is 0. The van der Waals surface area contributed by atoms with Crippen LogP contribution in [0.2, 0.25) is 0 Å². The minimum absolute atomic E-state index is 0.187. The van der Waals surface area contributed by atoms with Crippen LogP contribution in [0.1, 0.15) is 22.8 Å². The quantitative estimate of drug-likeness (QED) is 0.791. The minimum atomic E-state index is -1.07. The van der Waals surface area contributed by atoms with Crippen LogP contribution < -0.4 is 10.1 Å². The highest BCUT2D eigenvalue weighted by atomic mass is 16.5. The van der Waals surface area contributed by atoms with E-state index in [2.05, 4.69) is 5.32 Å². The summed E-state index contributed by atoms with van der Waals surface area (Å²) >= 11 is 0. The Morgan fingerprint density at radius 2 is 1.81 bits per heavy atom. The van der Waals surface area contributed by atoms with E-state index >= 15 is 0 Å². The van der Waals surface area contributed by atoms with Crippen LogP contribution in [0.4, 0.5) is 4.79 Å². The molecule has 3 rings (SSSR count). The summed E-state index contributed by atoms with van der Waals surface area (Å²) in [5, 5.41) is 2.54. The molecule has 0 bridgehead atoms. The van der Waals surface area contributed by atoms with E-state index < -0.39 is 24.0 Å². The maximum absolute atomic E-state index is 12.5. The molecule has 1 saturated heterocycles. The van der Waals surface area contributed by atoms with Crippen molar-refractivity contribution < 1.29 is 23.9 Å². The number of urea groups is 1. The number of amides is 3. The standard InChI is InChI=1S/C20H20N2O5/c1-14(18(23)22-12-11-21-20(22)25)27-19(24)17-10-6-5-7-15(17)13-26-16-8-3-2-4-9-16/h2-10,14H,11-13H2,1H3,(H,21,25). The minimum Gasteiger partial charge on any atom is -0.489 e. The first-order valence-electron chi connectivity index (χ1n) is 8.62. The smallest absolute Gasteiger partial charge is 0.339 e. The summed E-state index contributed by atoms with van der Waals surface area (Å²) in [6.07, 6.45) is -1.07. The predicted octanol–water partition coefficient (Wildman–Crippen LogP) is 2.36. The Kier molecular flexibility index (Phi) is 5.71. The molecule has 1 aliphatic rings. The van der Waals surface area contributed by atoms with Crippen molar-refractivity contribution in [3.05, 3.63) is 65.7 Å². The van der Waals surface area contributed by atoms with Gasteiger partial charge < -0.3 is 14.8 Å². The number of hydrogen-bond donors (Lipinski definition) is 1. The van der Waals surface area contributed by atoms with Gasteiger partial charge in [0.15, 0.2) is 6.10 Å². The number of para-hydroxylation sites is 1. The average molecular weight is 368 g/mol. The largest absolute Gasteiger partial charge is 0.489 e. The first-order chi connectivity index (χ1) is 13.1. The van der Waals surface area contributed by atoms with Gasteiger partial charge in [-0.2, -0.15) is 0 Å². The van der Waals surface area contributed by atoms with Crippen LogP contribution in [0.25, 0.3) is 0 Å². The molecule has 1 heterocycles. The lowest BCUT2D eigenvalue weighted by Gasteiger charge is -2.19. The number of carbonyl (C=O) groups is 3. The van der Waals surface area contributed by atoms with Crippen LogP contribution in [0.15, 0.2) is 54.6 Å². The lowest BCUT2D eigenvalue weighted by Crippen LogP contribution is -2.41. The predicted molar refractivity (Wildman–Crippen MR) is 97.2 cm³/mol. The highest BCUT2D eigenvalue weighted by Crippen LogP contribution is 2.16. The number of ether oxygens (including phenoxy) is 2. The van der Waals surface area contributed by atoms with Gasteiger partial charge in [-0.15, -0.1) is 0 Å². The van der Waals surface area contributed by atoms with Crippen LogP contribution >= 0.6 is 0 Å². The molecule has 140 valence electrons. The fraction of sp³-hybridized carbons (Fsp3) is 0.250. The van der Waals surface area contributed by atoms with Gasteiger partial charge in [-0.05, 0) is 25.1 Å². The topological polar surface area (TPSA) is 84.9 Å². The van der Waals surface area contributed by atoms with Crippen LogP contribution in [-0.4, -0.2) is 42.0 Å². The second-order valence-electron chi connectivity index (χ2n) is 6.03. The summed E-state index contributed by atoms with van der Waals surface area (Å²) < 4.78 is 11.0. The Hall–Kier alpha value is -3.35. The lowest BCUT2D eigenvalue weighted by atomic mass is 10.1. The molecular weight excluding hydrogens is 348 g/mol. The van der Waals surface area contributed by atoms with Crippen molar-refractivity contribution in [1.29, 1.82) is 0 Å². The van der Waals surface area contributed by atoms with Crippen molar-refractivity contribution in [2.75, 3.05) is 13.1 Å². The first-order valence-corrected chi connectivity index (χ1v) is 8.62. The van der Waals surface area contributed by atoms with Gasteiger partial charge in [-0.1, -0.05) is 36.4 Å². The van der Waals surface area contributed by atoms with E-state index in [1.165, 1.54) is 6.92 Å². The molecule has 1 fully saturated rings. The number of rotatable bonds is 6. The second-order valence-corrected chi connectivity index (χ2v) is 6.03. The SMILES string of the molecule is CC(OC(=O)c1ccccc1COc1ccccc1)C(=O)N1CCNC1=O. The average Bonchev–Trinajstić information content (AvgIpc) is 3.12. The summed E-state index contributed by atoms with van der Waals surface area (Å²) in [4.78, 5) is 37.5. The van der Waals surface area contributed by atoms with Crippen molar-refractivity contribution in [3.63, 3.8) is 0 Å². The number of nitrogens with zero attached hydrogens (tertiary/aromatic N) is 1. The lowest BCUT2D eigenvalue weighted by molar-refractivity contribution is -0.136. The molecule has 0 spiro atoms. The van der Waals surface area contributed by atoms with Crippen LogP contribution in [0.5, 0.6) is 5.75 Å². The third-order valence-electron chi connectivity index (χ3n) is 4.13. The monoisotopic (exact) mass is 368 g/mol. The number of benzene rings is 2. The highest BCUT2D eigenvalue weighted by molar-refractivity contribution is 5.99. The summed E-state index contributed by atoms with van der Waals surface area (Å²) in [5.74, 6) is -0.497. The number of imide groups is 1. The van der Waals surface area contributed by atoms with E-state index in [1.807, 2.05) is 30.3 Å². The Morgan fingerprint density at radius 1 is 1.11 bits per heavy atom. The Balaban J connectivity index is 1.65. The van der Waals surface area contributed by atoms with Gasteiger partial charge in [0.2, 0.25) is 0 Å². The molecule has 0 radical (unpaired) electrons. The molecule has 1 atom stereocenters. The first kappa shape index (κ1) is 18.4. The van der Waals surface area contributed by atoms with Gasteiger partial charge in [0, 0.05) is 18.7 Å². The number of nitrogens with one attached hydrogen (secondary N) is 1. The molecule has 2 aromatic rings. The zero-order valence-corrected chi connectivity index (χ0v) is 14.9. The Labute approximate surface area is 156 Å². The zero-order valence-electron chi connectivity index (χ0n) is 14.9. The molecule has 1 N–H and O–H groups in total. The fourth-order valence-corrected chi connectivity index (χ4v) is 2.70. The molecule has 3 amide bonds. The van der Waals surface area contributed by atoms with Gasteiger partial charge in [-0.3, -0.25) is 9.69 Å². The molecular formula is C20H20N2O5. The van der Waals surface area contributed by atoms with Crippen LogP contribution in [-0.2, 0) is 16.1 Å². The van der Waals surface area contributed by atoms with E-state index in [9.17, 15) is 14.4 Å². The van der Waals surface area contributed by atoms with Gasteiger partial charge in [0.05, 0.1) is 5.56 Å². The van der Waals surface area contributed by atoms with Crippen molar-refractivity contribution >= 4 is 17.9 Å². The van der Waals surface area contributed by atoms with E-state index in [0.717, 1.165) is 4.90 Å². The molecule has 7 heteroatoms. The van der Waals surface area contributed by atoms with E-state index in [0.29, 0.717) is 23.4 Å². The third-order valence-corrected chi connectivity index (χ3v) is 4.13. The van der Waals surface area contributed by atoms with Crippen molar-refractivity contribution in [2.45, 2.75) is 19.6 Å². The van der Waals surface area contributed by atoms with Crippen LogP contribution in [0, 0.1) is 0 Å². The van der Waals surface area contributed by atoms with Gasteiger partial charge >= 0.3 is 12.0 Å². The van der Waals surface area contributed by atoms with E-state index in [1.54, 1.807) is 24.3 Å². The van der Waals surface area contributed by atoms with Crippen molar-refractivity contribution in [3.8, 4) is 5.75 Å². The van der Waals surface area contributed by atoms with E-state index in [-0.39, 0.29) is 13.2 Å². The molecule has 1 unspecified atom stereocenters. The summed E-state index contributed by atoms with van der Waals surface area (Å²) in [6.45, 7) is 2.30. The fourth-order valence-electron chi connectivity index (χ4n) is 2.70. The molecule has 27 heavy (non-hydrogen) atoms. The number of hydrogen-bond acceptors (Lipinski definition) is 5. The summed E-state index contributed by atoms with van der Waals surface area (Å²) in [5.41, 5.74) is 0.962.